The zero-order valence-corrected chi connectivity index (χ0v) is 18.4. The van der Waals surface area contributed by atoms with Gasteiger partial charge >= 0.3 is 0 Å². The van der Waals surface area contributed by atoms with Crippen molar-refractivity contribution in [3.8, 4) is 17.6 Å². The largest absolute Gasteiger partial charge is 0.490 e. The van der Waals surface area contributed by atoms with Crippen molar-refractivity contribution >= 4 is 17.9 Å². The molecule has 0 radical (unpaired) electrons. The topological polar surface area (TPSA) is 79.6 Å². The summed E-state index contributed by atoms with van der Waals surface area (Å²) < 4.78 is 11.6. The molecule has 6 heteroatoms. The van der Waals surface area contributed by atoms with Crippen molar-refractivity contribution in [1.29, 1.82) is 5.26 Å². The highest BCUT2D eigenvalue weighted by Crippen LogP contribution is 2.32. The number of unbranched alkanes of at least 4 members (excludes halogenated alkanes) is 2. The lowest BCUT2D eigenvalue weighted by molar-refractivity contribution is -0.142. The maximum absolute atomic E-state index is 13.0. The summed E-state index contributed by atoms with van der Waals surface area (Å²) in [5.41, 5.74) is 1.45. The lowest BCUT2D eigenvalue weighted by atomic mass is 9.93. The van der Waals surface area contributed by atoms with E-state index in [-0.39, 0.29) is 11.6 Å². The minimum Gasteiger partial charge on any atom is -0.490 e. The molecular formula is C24H30N2O4. The minimum atomic E-state index is -0.544. The summed E-state index contributed by atoms with van der Waals surface area (Å²) in [6.07, 6.45) is 4.90. The van der Waals surface area contributed by atoms with Crippen molar-refractivity contribution in [3.63, 3.8) is 0 Å². The standard InChI is InChI=1S/C24H30N2O4/c1-6-8-9-12-30-21-11-10-18(14-22(21)29-7-2)13-19-17(5)20(15-25)24(28)26(16(3)4)23(19)27/h10-11,13-14,16H,6-9,12H2,1-5H3/b19-13+. The van der Waals surface area contributed by atoms with Crippen LogP contribution >= 0.6 is 0 Å². The summed E-state index contributed by atoms with van der Waals surface area (Å²) in [7, 11) is 0. The Morgan fingerprint density at radius 3 is 2.43 bits per heavy atom. The molecule has 6 nitrogen and oxygen atoms in total. The molecule has 0 saturated carbocycles. The summed E-state index contributed by atoms with van der Waals surface area (Å²) >= 11 is 0. The Kier molecular flexibility index (Phi) is 8.23. The number of hydrogen-bond acceptors (Lipinski definition) is 5. The Balaban J connectivity index is 2.43. The summed E-state index contributed by atoms with van der Waals surface area (Å²) in [4.78, 5) is 26.6. The van der Waals surface area contributed by atoms with Gasteiger partial charge in [-0.1, -0.05) is 25.8 Å². The van der Waals surface area contributed by atoms with Crippen molar-refractivity contribution in [2.75, 3.05) is 13.2 Å². The van der Waals surface area contributed by atoms with E-state index in [9.17, 15) is 14.9 Å². The van der Waals surface area contributed by atoms with Crippen LogP contribution in [0, 0.1) is 11.3 Å². The Bertz CT molecular complexity index is 906. The molecule has 0 atom stereocenters. The van der Waals surface area contributed by atoms with Crippen molar-refractivity contribution in [2.24, 2.45) is 0 Å². The summed E-state index contributed by atoms with van der Waals surface area (Å²) in [6.45, 7) is 10.3. The molecule has 0 N–H and O–H groups in total. The number of nitriles is 1. The molecule has 0 spiro atoms. The second-order valence-corrected chi connectivity index (χ2v) is 7.44. The molecule has 1 aliphatic rings. The monoisotopic (exact) mass is 410 g/mol. The van der Waals surface area contributed by atoms with Gasteiger partial charge in [-0.3, -0.25) is 14.5 Å². The predicted octanol–water partition coefficient (Wildman–Crippen LogP) is 4.65. The first-order valence-electron chi connectivity index (χ1n) is 10.5. The molecule has 160 valence electrons. The van der Waals surface area contributed by atoms with E-state index in [1.54, 1.807) is 26.8 Å². The van der Waals surface area contributed by atoms with Gasteiger partial charge in [0.15, 0.2) is 11.5 Å². The Labute approximate surface area is 178 Å². The normalized spacial score (nSPS) is 15.8. The van der Waals surface area contributed by atoms with Gasteiger partial charge in [0.05, 0.1) is 13.2 Å². The van der Waals surface area contributed by atoms with E-state index in [4.69, 9.17) is 9.47 Å². The van der Waals surface area contributed by atoms with Crippen molar-refractivity contribution < 1.29 is 19.1 Å². The van der Waals surface area contributed by atoms with Gasteiger partial charge in [0.2, 0.25) is 0 Å². The van der Waals surface area contributed by atoms with Gasteiger partial charge in [0, 0.05) is 11.6 Å². The van der Waals surface area contributed by atoms with Crippen LogP contribution in [0.15, 0.2) is 34.9 Å². The van der Waals surface area contributed by atoms with E-state index < -0.39 is 11.8 Å². The third kappa shape index (κ3) is 5.10. The van der Waals surface area contributed by atoms with Crippen LogP contribution in [0.1, 0.15) is 59.4 Å². The lowest BCUT2D eigenvalue weighted by Crippen LogP contribution is -2.46. The fourth-order valence-electron chi connectivity index (χ4n) is 3.27. The van der Waals surface area contributed by atoms with Gasteiger partial charge in [-0.2, -0.15) is 5.26 Å². The first kappa shape index (κ1) is 23.2. The highest BCUT2D eigenvalue weighted by molar-refractivity contribution is 6.19. The van der Waals surface area contributed by atoms with Crippen LogP contribution in [-0.2, 0) is 9.59 Å². The van der Waals surface area contributed by atoms with Gasteiger partial charge in [0.25, 0.3) is 11.8 Å². The molecule has 1 aliphatic heterocycles. The third-order valence-electron chi connectivity index (χ3n) is 4.87. The quantitative estimate of drug-likeness (QED) is 0.336. The SMILES string of the molecule is CCCCCOc1ccc(/C=C2/C(=O)N(C(C)C)C(=O)C(C#N)=C2C)cc1OCC. The second kappa shape index (κ2) is 10.6. The Morgan fingerprint density at radius 1 is 1.10 bits per heavy atom. The molecule has 0 unspecified atom stereocenters. The zero-order chi connectivity index (χ0) is 22.3. The van der Waals surface area contributed by atoms with Crippen molar-refractivity contribution in [3.05, 3.63) is 40.5 Å². The molecule has 2 rings (SSSR count). The van der Waals surface area contributed by atoms with E-state index >= 15 is 0 Å². The van der Waals surface area contributed by atoms with Crippen molar-refractivity contribution in [2.45, 2.75) is 59.9 Å². The van der Waals surface area contributed by atoms with Gasteiger partial charge in [0.1, 0.15) is 11.6 Å². The number of carbonyl (C=O) groups is 2. The molecule has 30 heavy (non-hydrogen) atoms. The van der Waals surface area contributed by atoms with Crippen LogP contribution in [0.3, 0.4) is 0 Å². The maximum Gasteiger partial charge on any atom is 0.271 e. The van der Waals surface area contributed by atoms with Gasteiger partial charge < -0.3 is 9.47 Å². The smallest absolute Gasteiger partial charge is 0.271 e. The number of ether oxygens (including phenoxy) is 2. The van der Waals surface area contributed by atoms with Crippen LogP contribution in [0.5, 0.6) is 11.5 Å². The highest BCUT2D eigenvalue weighted by Gasteiger charge is 2.36. The minimum absolute atomic E-state index is 0.00420. The summed E-state index contributed by atoms with van der Waals surface area (Å²) in [6, 6.07) is 7.09. The molecule has 0 fully saturated rings. The second-order valence-electron chi connectivity index (χ2n) is 7.44. The van der Waals surface area contributed by atoms with E-state index in [1.165, 1.54) is 0 Å². The number of hydrogen-bond donors (Lipinski definition) is 0. The molecule has 2 amide bonds. The fourth-order valence-corrected chi connectivity index (χ4v) is 3.27. The molecule has 0 bridgehead atoms. The van der Waals surface area contributed by atoms with Crippen LogP contribution in [0.4, 0.5) is 0 Å². The number of amides is 2. The fraction of sp³-hybridized carbons (Fsp3) is 0.458. The van der Waals surface area contributed by atoms with E-state index in [0.717, 1.165) is 29.7 Å². The maximum atomic E-state index is 13.0. The summed E-state index contributed by atoms with van der Waals surface area (Å²) in [5, 5.41) is 9.44. The first-order valence-corrected chi connectivity index (χ1v) is 10.5. The number of rotatable bonds is 9. The molecule has 1 aromatic rings. The van der Waals surface area contributed by atoms with Crippen LogP contribution in [0.2, 0.25) is 0 Å². The number of carbonyl (C=O) groups excluding carboxylic acids is 2. The van der Waals surface area contributed by atoms with Crippen LogP contribution < -0.4 is 9.47 Å². The third-order valence-corrected chi connectivity index (χ3v) is 4.87. The predicted molar refractivity (Wildman–Crippen MR) is 116 cm³/mol. The van der Waals surface area contributed by atoms with Gasteiger partial charge in [-0.25, -0.2) is 0 Å². The van der Waals surface area contributed by atoms with E-state index in [0.29, 0.717) is 35.9 Å². The number of imide groups is 1. The average Bonchev–Trinajstić information content (AvgIpc) is 2.70. The highest BCUT2D eigenvalue weighted by atomic mass is 16.5. The van der Waals surface area contributed by atoms with Crippen LogP contribution in [-0.4, -0.2) is 36.0 Å². The molecular weight excluding hydrogens is 380 g/mol. The molecule has 1 aromatic carbocycles. The lowest BCUT2D eigenvalue weighted by Gasteiger charge is -2.30. The molecule has 1 heterocycles. The van der Waals surface area contributed by atoms with Crippen molar-refractivity contribution in [1.82, 2.24) is 4.90 Å². The number of nitrogens with zero attached hydrogens (tertiary/aromatic N) is 2. The number of benzene rings is 1. The molecule has 0 aliphatic carbocycles. The zero-order valence-electron chi connectivity index (χ0n) is 18.4. The first-order chi connectivity index (χ1) is 14.3. The van der Waals surface area contributed by atoms with Gasteiger partial charge in [-0.15, -0.1) is 0 Å². The van der Waals surface area contributed by atoms with E-state index in [1.807, 2.05) is 31.2 Å². The van der Waals surface area contributed by atoms with Gasteiger partial charge in [-0.05, 0) is 63.5 Å². The molecule has 0 aromatic heterocycles. The Morgan fingerprint density at radius 2 is 1.83 bits per heavy atom. The van der Waals surface area contributed by atoms with Crippen LogP contribution in [0.25, 0.3) is 6.08 Å². The average molecular weight is 411 g/mol. The summed E-state index contributed by atoms with van der Waals surface area (Å²) in [5.74, 6) is 0.321. The Hall–Kier alpha value is -3.07. The molecule has 0 saturated heterocycles. The van der Waals surface area contributed by atoms with E-state index in [2.05, 4.69) is 6.92 Å².